The maximum absolute atomic E-state index is 12.4. The highest BCUT2D eigenvalue weighted by Gasteiger charge is 2.15. The van der Waals surface area contributed by atoms with Gasteiger partial charge in [-0.25, -0.2) is 4.98 Å². The Morgan fingerprint density at radius 1 is 0.973 bits per heavy atom. The Kier molecular flexibility index (Phi) is 8.54. The third-order valence-electron chi connectivity index (χ3n) is 5.50. The van der Waals surface area contributed by atoms with Crippen molar-refractivity contribution in [2.75, 3.05) is 20.8 Å². The Morgan fingerprint density at radius 2 is 1.81 bits per heavy atom. The Balaban J connectivity index is 1.61. The fraction of sp³-hybridized carbons (Fsp3) is 0.207. The summed E-state index contributed by atoms with van der Waals surface area (Å²) in [5.41, 5.74) is 3.66. The minimum Gasteiger partial charge on any atom is -0.497 e. The van der Waals surface area contributed by atoms with Crippen molar-refractivity contribution in [1.82, 2.24) is 4.98 Å². The number of carbonyl (C=O) groups is 1. The molecule has 0 amide bonds. The number of ether oxygens (including phenoxy) is 4. The number of aliphatic imine (C=N–C) groups is 1. The fourth-order valence-corrected chi connectivity index (χ4v) is 3.67. The van der Waals surface area contributed by atoms with E-state index in [4.69, 9.17) is 28.4 Å². The lowest BCUT2D eigenvalue weighted by Crippen LogP contribution is -2.12. The SMILES string of the molecule is CCOC(=O)CC(=Nc1ccc(-c2cnco2)c(OC)c1)c1cccc(OCc2ccc(OC)cc2)c1. The molecule has 0 radical (unpaired) electrons. The predicted molar refractivity (Wildman–Crippen MR) is 140 cm³/mol. The zero-order valence-electron chi connectivity index (χ0n) is 21.0. The summed E-state index contributed by atoms with van der Waals surface area (Å²) in [6, 6.07) is 20.6. The van der Waals surface area contributed by atoms with Crippen molar-refractivity contribution in [1.29, 1.82) is 0 Å². The van der Waals surface area contributed by atoms with Crippen LogP contribution in [0.4, 0.5) is 5.69 Å². The molecule has 0 fully saturated rings. The van der Waals surface area contributed by atoms with Gasteiger partial charge in [-0.2, -0.15) is 0 Å². The second-order valence-electron chi connectivity index (χ2n) is 7.96. The molecule has 8 heteroatoms. The van der Waals surface area contributed by atoms with Crippen LogP contribution in [-0.2, 0) is 16.1 Å². The van der Waals surface area contributed by atoms with Crippen molar-refractivity contribution in [2.45, 2.75) is 20.0 Å². The Labute approximate surface area is 215 Å². The van der Waals surface area contributed by atoms with Crippen molar-refractivity contribution in [3.8, 4) is 28.6 Å². The third-order valence-corrected chi connectivity index (χ3v) is 5.50. The summed E-state index contributed by atoms with van der Waals surface area (Å²) >= 11 is 0. The van der Waals surface area contributed by atoms with E-state index in [2.05, 4.69) is 4.98 Å². The van der Waals surface area contributed by atoms with Crippen LogP contribution in [0.2, 0.25) is 0 Å². The molecule has 4 aromatic rings. The molecule has 37 heavy (non-hydrogen) atoms. The lowest BCUT2D eigenvalue weighted by atomic mass is 10.1. The molecule has 0 atom stereocenters. The largest absolute Gasteiger partial charge is 0.497 e. The van der Waals surface area contributed by atoms with E-state index < -0.39 is 0 Å². The number of benzene rings is 3. The number of aromatic nitrogens is 1. The molecular formula is C29H28N2O6. The Hall–Kier alpha value is -4.59. The summed E-state index contributed by atoms with van der Waals surface area (Å²) in [7, 11) is 3.21. The van der Waals surface area contributed by atoms with Gasteiger partial charge in [-0.15, -0.1) is 0 Å². The lowest BCUT2D eigenvalue weighted by molar-refractivity contribution is -0.141. The number of rotatable bonds is 11. The van der Waals surface area contributed by atoms with Gasteiger partial charge < -0.3 is 23.4 Å². The number of hydrogen-bond acceptors (Lipinski definition) is 8. The van der Waals surface area contributed by atoms with Gasteiger partial charge in [0.15, 0.2) is 12.2 Å². The first-order chi connectivity index (χ1) is 18.1. The summed E-state index contributed by atoms with van der Waals surface area (Å²) in [6.07, 6.45) is 2.98. The van der Waals surface area contributed by atoms with Gasteiger partial charge >= 0.3 is 5.97 Å². The molecule has 4 rings (SSSR count). The monoisotopic (exact) mass is 500 g/mol. The van der Waals surface area contributed by atoms with Crippen LogP contribution in [0.15, 0.2) is 88.7 Å². The number of esters is 1. The molecule has 0 N–H and O–H groups in total. The van der Waals surface area contributed by atoms with Crippen molar-refractivity contribution in [2.24, 2.45) is 4.99 Å². The molecule has 0 saturated carbocycles. The van der Waals surface area contributed by atoms with Crippen molar-refractivity contribution < 1.29 is 28.2 Å². The van der Waals surface area contributed by atoms with Gasteiger partial charge in [0.05, 0.1) is 50.4 Å². The van der Waals surface area contributed by atoms with Crippen LogP contribution in [-0.4, -0.2) is 37.5 Å². The topological polar surface area (TPSA) is 92.4 Å². The molecule has 0 aliphatic rings. The molecule has 8 nitrogen and oxygen atoms in total. The zero-order chi connectivity index (χ0) is 26.0. The average molecular weight is 501 g/mol. The number of methoxy groups -OCH3 is 2. The van der Waals surface area contributed by atoms with Crippen LogP contribution in [0.25, 0.3) is 11.3 Å². The van der Waals surface area contributed by atoms with E-state index in [0.717, 1.165) is 22.4 Å². The predicted octanol–water partition coefficient (Wildman–Crippen LogP) is 6.01. The summed E-state index contributed by atoms with van der Waals surface area (Å²) < 4.78 is 27.4. The minimum absolute atomic E-state index is 0.00193. The van der Waals surface area contributed by atoms with Crippen LogP contribution in [0.1, 0.15) is 24.5 Å². The van der Waals surface area contributed by atoms with E-state index >= 15 is 0 Å². The molecule has 190 valence electrons. The highest BCUT2D eigenvalue weighted by molar-refractivity contribution is 6.10. The fourth-order valence-electron chi connectivity index (χ4n) is 3.67. The van der Waals surface area contributed by atoms with Gasteiger partial charge in [-0.3, -0.25) is 9.79 Å². The molecule has 1 heterocycles. The lowest BCUT2D eigenvalue weighted by Gasteiger charge is -2.12. The van der Waals surface area contributed by atoms with E-state index in [9.17, 15) is 4.79 Å². The Bertz CT molecular complexity index is 1350. The number of carbonyl (C=O) groups excluding carboxylic acids is 1. The van der Waals surface area contributed by atoms with E-state index in [1.54, 1.807) is 33.4 Å². The van der Waals surface area contributed by atoms with Gasteiger partial charge in [-0.1, -0.05) is 24.3 Å². The quantitative estimate of drug-likeness (QED) is 0.184. The van der Waals surface area contributed by atoms with Crippen molar-refractivity contribution >= 4 is 17.4 Å². The summed E-state index contributed by atoms with van der Waals surface area (Å²) in [4.78, 5) is 21.2. The van der Waals surface area contributed by atoms with E-state index in [1.165, 1.54) is 6.39 Å². The summed E-state index contributed by atoms with van der Waals surface area (Å²) in [5, 5.41) is 0. The first-order valence-corrected chi connectivity index (χ1v) is 11.8. The van der Waals surface area contributed by atoms with Gasteiger partial charge in [-0.05, 0) is 48.9 Å². The average Bonchev–Trinajstić information content (AvgIpc) is 3.47. The molecule has 0 saturated heterocycles. The van der Waals surface area contributed by atoms with Crippen molar-refractivity contribution in [3.05, 3.63) is 90.4 Å². The van der Waals surface area contributed by atoms with Gasteiger partial charge in [0.1, 0.15) is 23.9 Å². The number of oxazole rings is 1. The molecule has 0 unspecified atom stereocenters. The van der Waals surface area contributed by atoms with Gasteiger partial charge in [0.25, 0.3) is 0 Å². The number of nitrogens with zero attached hydrogens (tertiary/aromatic N) is 2. The minimum atomic E-state index is -0.365. The Morgan fingerprint density at radius 3 is 2.51 bits per heavy atom. The van der Waals surface area contributed by atoms with Gasteiger partial charge in [0, 0.05) is 11.6 Å². The number of hydrogen-bond donors (Lipinski definition) is 0. The van der Waals surface area contributed by atoms with Crippen LogP contribution in [0.3, 0.4) is 0 Å². The summed E-state index contributed by atoms with van der Waals surface area (Å²) in [5.74, 6) is 2.24. The second-order valence-corrected chi connectivity index (χ2v) is 7.96. The molecule has 0 aliphatic carbocycles. The molecule has 0 spiro atoms. The molecule has 0 aliphatic heterocycles. The van der Waals surface area contributed by atoms with Crippen LogP contribution in [0, 0.1) is 0 Å². The highest BCUT2D eigenvalue weighted by Crippen LogP contribution is 2.33. The maximum Gasteiger partial charge on any atom is 0.311 e. The highest BCUT2D eigenvalue weighted by atomic mass is 16.5. The van der Waals surface area contributed by atoms with Crippen molar-refractivity contribution in [3.63, 3.8) is 0 Å². The molecule has 0 bridgehead atoms. The van der Waals surface area contributed by atoms with E-state index in [0.29, 0.717) is 35.3 Å². The smallest absolute Gasteiger partial charge is 0.311 e. The van der Waals surface area contributed by atoms with E-state index in [-0.39, 0.29) is 19.0 Å². The first kappa shape index (κ1) is 25.5. The molecule has 3 aromatic carbocycles. The first-order valence-electron chi connectivity index (χ1n) is 11.8. The third kappa shape index (κ3) is 6.76. The standard InChI is InChI=1S/C29H28N2O6/c1-4-35-29(32)16-26(31-22-10-13-25(27(15-22)34-3)28-17-30-19-37-28)21-6-5-7-24(14-21)36-18-20-8-11-23(33-2)12-9-20/h5-15,17,19H,4,16,18H2,1-3H3. The molecular weight excluding hydrogens is 472 g/mol. The second kappa shape index (κ2) is 12.4. The maximum atomic E-state index is 12.4. The molecule has 1 aromatic heterocycles. The van der Waals surface area contributed by atoms with Crippen LogP contribution >= 0.6 is 0 Å². The normalized spacial score (nSPS) is 11.2. The summed E-state index contributed by atoms with van der Waals surface area (Å²) in [6.45, 7) is 2.45. The van der Waals surface area contributed by atoms with Crippen LogP contribution in [0.5, 0.6) is 17.2 Å². The van der Waals surface area contributed by atoms with Crippen LogP contribution < -0.4 is 14.2 Å². The van der Waals surface area contributed by atoms with E-state index in [1.807, 2.05) is 60.7 Å². The zero-order valence-corrected chi connectivity index (χ0v) is 21.0. The van der Waals surface area contributed by atoms with Gasteiger partial charge in [0.2, 0.25) is 0 Å².